The lowest BCUT2D eigenvalue weighted by molar-refractivity contribution is 0.167. The van der Waals surface area contributed by atoms with Crippen molar-refractivity contribution in [3.8, 4) is 5.75 Å². The van der Waals surface area contributed by atoms with Crippen LogP contribution in [0, 0.1) is 0 Å². The number of rotatable bonds is 0. The molecule has 1 heterocycles. The molecule has 0 bridgehead atoms. The molecule has 2 nitrogen and oxygen atoms in total. The summed E-state index contributed by atoms with van der Waals surface area (Å²) < 4.78 is 5.77. The minimum atomic E-state index is -0.387. The Kier molecular flexibility index (Phi) is 2.29. The van der Waals surface area contributed by atoms with Crippen molar-refractivity contribution in [3.05, 3.63) is 42.0 Å². The molecule has 0 amide bonds. The number of aliphatic hydroxyl groups excluding tert-OH is 1. The molecule has 1 aliphatic rings. The molecule has 3 rings (SSSR count). The van der Waals surface area contributed by atoms with E-state index in [1.807, 2.05) is 30.3 Å². The largest absolute Gasteiger partial charge is 0.493 e. The van der Waals surface area contributed by atoms with Crippen molar-refractivity contribution < 1.29 is 9.84 Å². The van der Waals surface area contributed by atoms with Gasteiger partial charge in [-0.05, 0) is 18.2 Å². The number of hydrogen-bond acceptors (Lipinski definition) is 2. The highest BCUT2D eigenvalue weighted by molar-refractivity contribution is 5.89. The third kappa shape index (κ3) is 1.46. The molecule has 2 heteroatoms. The zero-order chi connectivity index (χ0) is 11.0. The summed E-state index contributed by atoms with van der Waals surface area (Å²) in [5.41, 5.74) is 0.927. The van der Waals surface area contributed by atoms with Crippen molar-refractivity contribution in [1.29, 1.82) is 0 Å². The number of ether oxygens (including phenoxy) is 1. The van der Waals surface area contributed by atoms with Crippen LogP contribution in [0.2, 0.25) is 0 Å². The van der Waals surface area contributed by atoms with E-state index in [2.05, 4.69) is 6.07 Å². The molecule has 2 aromatic rings. The zero-order valence-corrected chi connectivity index (χ0v) is 9.02. The maximum Gasteiger partial charge on any atom is 0.132 e. The quantitative estimate of drug-likeness (QED) is 0.730. The molecule has 0 saturated heterocycles. The number of fused-ring (bicyclic) bond motifs is 3. The second-order valence-corrected chi connectivity index (χ2v) is 4.21. The molecule has 16 heavy (non-hydrogen) atoms. The topological polar surface area (TPSA) is 29.5 Å². The predicted molar refractivity (Wildman–Crippen MR) is 63.6 cm³/mol. The minimum absolute atomic E-state index is 0.387. The van der Waals surface area contributed by atoms with E-state index < -0.39 is 0 Å². The van der Waals surface area contributed by atoms with Crippen LogP contribution in [0.1, 0.15) is 24.5 Å². The lowest BCUT2D eigenvalue weighted by Gasteiger charge is -2.13. The van der Waals surface area contributed by atoms with E-state index >= 15 is 0 Å². The van der Waals surface area contributed by atoms with Crippen LogP contribution in [0.5, 0.6) is 5.75 Å². The summed E-state index contributed by atoms with van der Waals surface area (Å²) in [6.45, 7) is 0.693. The van der Waals surface area contributed by atoms with Gasteiger partial charge >= 0.3 is 0 Å². The van der Waals surface area contributed by atoms with Gasteiger partial charge in [0.05, 0.1) is 12.7 Å². The molecular weight excluding hydrogens is 200 g/mol. The Labute approximate surface area is 94.5 Å². The first kappa shape index (κ1) is 9.67. The smallest absolute Gasteiger partial charge is 0.132 e. The van der Waals surface area contributed by atoms with Crippen molar-refractivity contribution >= 4 is 10.8 Å². The van der Waals surface area contributed by atoms with E-state index in [9.17, 15) is 5.11 Å². The van der Waals surface area contributed by atoms with Crippen LogP contribution in [0.4, 0.5) is 0 Å². The summed E-state index contributed by atoms with van der Waals surface area (Å²) in [6.07, 6.45) is 1.30. The van der Waals surface area contributed by atoms with Gasteiger partial charge in [0.15, 0.2) is 0 Å². The molecule has 1 unspecified atom stereocenters. The normalized spacial score (nSPS) is 19.9. The number of aliphatic hydroxyl groups is 1. The first-order valence-electron chi connectivity index (χ1n) is 5.69. The van der Waals surface area contributed by atoms with Crippen LogP contribution in [-0.2, 0) is 0 Å². The Hall–Kier alpha value is -1.54. The third-order valence-corrected chi connectivity index (χ3v) is 3.14. The fourth-order valence-corrected chi connectivity index (χ4v) is 2.29. The minimum Gasteiger partial charge on any atom is -0.493 e. The van der Waals surface area contributed by atoms with Crippen molar-refractivity contribution in [1.82, 2.24) is 0 Å². The number of hydrogen-bond donors (Lipinski definition) is 1. The van der Waals surface area contributed by atoms with E-state index in [1.165, 1.54) is 0 Å². The fourth-order valence-electron chi connectivity index (χ4n) is 2.29. The Morgan fingerprint density at radius 2 is 2.00 bits per heavy atom. The molecule has 2 aromatic carbocycles. The summed E-state index contributed by atoms with van der Waals surface area (Å²) in [5.74, 6) is 0.864. The van der Waals surface area contributed by atoms with Gasteiger partial charge in [-0.2, -0.15) is 0 Å². The lowest BCUT2D eigenvalue weighted by atomic mass is 10.0. The average Bonchev–Trinajstić information content (AvgIpc) is 2.52. The van der Waals surface area contributed by atoms with E-state index in [0.29, 0.717) is 6.61 Å². The molecule has 0 radical (unpaired) electrons. The molecule has 1 aliphatic heterocycles. The van der Waals surface area contributed by atoms with Crippen molar-refractivity contribution in [2.75, 3.05) is 6.61 Å². The van der Waals surface area contributed by atoms with Gasteiger partial charge < -0.3 is 9.84 Å². The second kappa shape index (κ2) is 3.80. The lowest BCUT2D eigenvalue weighted by Crippen LogP contribution is -1.97. The SMILES string of the molecule is OC1CCCOc2c1ccc1ccccc21. The summed E-state index contributed by atoms with van der Waals surface area (Å²) in [5, 5.41) is 12.3. The fraction of sp³-hybridized carbons (Fsp3) is 0.286. The molecular formula is C14H14O2. The van der Waals surface area contributed by atoms with E-state index in [-0.39, 0.29) is 6.10 Å². The van der Waals surface area contributed by atoms with Crippen molar-refractivity contribution in [2.45, 2.75) is 18.9 Å². The van der Waals surface area contributed by atoms with Gasteiger partial charge in [0.25, 0.3) is 0 Å². The Balaban J connectivity index is 2.28. The molecule has 0 saturated carbocycles. The summed E-state index contributed by atoms with van der Waals surface area (Å²) >= 11 is 0. The van der Waals surface area contributed by atoms with Crippen molar-refractivity contribution in [2.24, 2.45) is 0 Å². The van der Waals surface area contributed by atoms with Crippen LogP contribution < -0.4 is 4.74 Å². The molecule has 82 valence electrons. The molecule has 0 aromatic heterocycles. The molecule has 1 N–H and O–H groups in total. The maximum atomic E-state index is 10.0. The number of benzene rings is 2. The first-order valence-corrected chi connectivity index (χ1v) is 5.69. The average molecular weight is 214 g/mol. The van der Waals surface area contributed by atoms with Crippen LogP contribution >= 0.6 is 0 Å². The van der Waals surface area contributed by atoms with E-state index in [0.717, 1.165) is 34.9 Å². The highest BCUT2D eigenvalue weighted by Crippen LogP contribution is 2.37. The molecule has 0 spiro atoms. The van der Waals surface area contributed by atoms with Gasteiger partial charge in [-0.25, -0.2) is 0 Å². The summed E-state index contributed by atoms with van der Waals surface area (Å²) in [7, 11) is 0. The highest BCUT2D eigenvalue weighted by atomic mass is 16.5. The Morgan fingerprint density at radius 3 is 2.94 bits per heavy atom. The monoisotopic (exact) mass is 214 g/mol. The Bertz CT molecular complexity index is 519. The van der Waals surface area contributed by atoms with Crippen LogP contribution in [0.15, 0.2) is 36.4 Å². The molecule has 0 aliphatic carbocycles. The van der Waals surface area contributed by atoms with Gasteiger partial charge in [0, 0.05) is 10.9 Å². The maximum absolute atomic E-state index is 10.0. The summed E-state index contributed by atoms with van der Waals surface area (Å²) in [6, 6.07) is 12.2. The van der Waals surface area contributed by atoms with E-state index in [4.69, 9.17) is 4.74 Å². The Morgan fingerprint density at radius 1 is 1.12 bits per heavy atom. The van der Waals surface area contributed by atoms with Crippen LogP contribution in [0.25, 0.3) is 10.8 Å². The van der Waals surface area contributed by atoms with Crippen molar-refractivity contribution in [3.63, 3.8) is 0 Å². The van der Waals surface area contributed by atoms with Gasteiger partial charge in [-0.15, -0.1) is 0 Å². The van der Waals surface area contributed by atoms with Crippen LogP contribution in [0.3, 0.4) is 0 Å². The molecule has 1 atom stereocenters. The standard InChI is InChI=1S/C14H14O2/c15-13-6-3-9-16-14-11-5-2-1-4-10(11)7-8-12(13)14/h1-2,4-5,7-8,13,15H,3,6,9H2. The summed E-state index contributed by atoms with van der Waals surface area (Å²) in [4.78, 5) is 0. The second-order valence-electron chi connectivity index (χ2n) is 4.21. The predicted octanol–water partition coefficient (Wildman–Crippen LogP) is 3.05. The van der Waals surface area contributed by atoms with Gasteiger partial charge in [0.2, 0.25) is 0 Å². The van der Waals surface area contributed by atoms with Gasteiger partial charge in [0.1, 0.15) is 5.75 Å². The zero-order valence-electron chi connectivity index (χ0n) is 9.02. The van der Waals surface area contributed by atoms with Gasteiger partial charge in [-0.1, -0.05) is 36.4 Å². The van der Waals surface area contributed by atoms with Gasteiger partial charge in [-0.3, -0.25) is 0 Å². The highest BCUT2D eigenvalue weighted by Gasteiger charge is 2.19. The third-order valence-electron chi connectivity index (χ3n) is 3.14. The first-order chi connectivity index (χ1) is 7.86. The van der Waals surface area contributed by atoms with Crippen LogP contribution in [-0.4, -0.2) is 11.7 Å². The molecule has 0 fully saturated rings. The van der Waals surface area contributed by atoms with E-state index in [1.54, 1.807) is 0 Å².